The van der Waals surface area contributed by atoms with Crippen molar-refractivity contribution < 1.29 is 14.7 Å². The molecule has 1 aromatic heterocycles. The van der Waals surface area contributed by atoms with Crippen molar-refractivity contribution in [3.8, 4) is 0 Å². The highest BCUT2D eigenvalue weighted by atomic mass is 16.3. The quantitative estimate of drug-likeness (QED) is 0.634. The van der Waals surface area contributed by atoms with E-state index in [0.717, 1.165) is 16.5 Å². The van der Waals surface area contributed by atoms with Gasteiger partial charge in [-0.2, -0.15) is 0 Å². The van der Waals surface area contributed by atoms with Crippen molar-refractivity contribution in [1.82, 2.24) is 15.2 Å². The molecule has 3 aromatic rings. The van der Waals surface area contributed by atoms with Crippen molar-refractivity contribution >= 4 is 22.7 Å². The molecule has 1 atom stereocenters. The summed E-state index contributed by atoms with van der Waals surface area (Å²) < 4.78 is 0. The number of nitrogens with one attached hydrogen (secondary N) is 2. The van der Waals surface area contributed by atoms with Gasteiger partial charge in [0, 0.05) is 24.5 Å². The zero-order chi connectivity index (χ0) is 18.5. The van der Waals surface area contributed by atoms with Gasteiger partial charge in [-0.25, -0.2) is 0 Å². The van der Waals surface area contributed by atoms with Crippen LogP contribution in [-0.4, -0.2) is 46.5 Å². The Labute approximate surface area is 151 Å². The van der Waals surface area contributed by atoms with Crippen molar-refractivity contribution in [1.29, 1.82) is 0 Å². The van der Waals surface area contributed by atoms with Crippen molar-refractivity contribution in [3.05, 3.63) is 71.9 Å². The summed E-state index contributed by atoms with van der Waals surface area (Å²) >= 11 is 0. The lowest BCUT2D eigenvalue weighted by atomic mass is 10.2. The average molecular weight is 351 g/mol. The first-order valence-corrected chi connectivity index (χ1v) is 8.37. The maximum Gasteiger partial charge on any atom is 0.268 e. The largest absolute Gasteiger partial charge is 0.394 e. The Morgan fingerprint density at radius 3 is 2.50 bits per heavy atom. The normalized spacial score (nSPS) is 11.9. The Kier molecular flexibility index (Phi) is 5.34. The van der Waals surface area contributed by atoms with Crippen LogP contribution in [0, 0.1) is 0 Å². The summed E-state index contributed by atoms with van der Waals surface area (Å²) in [6.45, 7) is -0.0671. The van der Waals surface area contributed by atoms with Crippen molar-refractivity contribution in [2.24, 2.45) is 0 Å². The van der Waals surface area contributed by atoms with Crippen LogP contribution in [0.2, 0.25) is 0 Å². The standard InChI is InChI=1S/C20H21N3O3/c1-23(12-14-7-3-2-4-8-14)20(26)18(13-24)22-19(25)17-11-15-9-5-6-10-16(15)21-17/h2-11,18,21,24H,12-13H2,1H3,(H,22,25)/t18-/m0/s1. The number of hydrogen-bond donors (Lipinski definition) is 3. The molecular weight excluding hydrogens is 330 g/mol. The lowest BCUT2D eigenvalue weighted by Gasteiger charge is -2.23. The second kappa shape index (κ2) is 7.84. The van der Waals surface area contributed by atoms with E-state index in [-0.39, 0.29) is 5.91 Å². The Bertz CT molecular complexity index is 872. The fraction of sp³-hybridized carbons (Fsp3) is 0.200. The number of carbonyl (C=O) groups excluding carboxylic acids is 2. The first-order chi connectivity index (χ1) is 12.6. The Hall–Kier alpha value is -3.12. The van der Waals surface area contributed by atoms with E-state index in [2.05, 4.69) is 10.3 Å². The Balaban J connectivity index is 1.67. The van der Waals surface area contributed by atoms with Crippen molar-refractivity contribution in [2.45, 2.75) is 12.6 Å². The number of likely N-dealkylation sites (N-methyl/N-ethyl adjacent to an activating group) is 1. The van der Waals surface area contributed by atoms with Gasteiger partial charge in [-0.3, -0.25) is 9.59 Å². The van der Waals surface area contributed by atoms with E-state index >= 15 is 0 Å². The van der Waals surface area contributed by atoms with Crippen LogP contribution in [-0.2, 0) is 11.3 Å². The number of benzene rings is 2. The molecule has 0 saturated carbocycles. The molecule has 3 rings (SSSR count). The van der Waals surface area contributed by atoms with Crippen LogP contribution in [0.4, 0.5) is 0 Å². The number of nitrogens with zero attached hydrogens (tertiary/aromatic N) is 1. The highest BCUT2D eigenvalue weighted by Gasteiger charge is 2.24. The summed E-state index contributed by atoms with van der Waals surface area (Å²) in [5.74, 6) is -0.775. The molecule has 0 fully saturated rings. The zero-order valence-corrected chi connectivity index (χ0v) is 14.5. The van der Waals surface area contributed by atoms with Crippen LogP contribution >= 0.6 is 0 Å². The summed E-state index contributed by atoms with van der Waals surface area (Å²) in [5.41, 5.74) is 2.16. The maximum absolute atomic E-state index is 12.6. The molecular formula is C20H21N3O3. The Morgan fingerprint density at radius 2 is 1.81 bits per heavy atom. The molecule has 0 aliphatic heterocycles. The summed E-state index contributed by atoms with van der Waals surface area (Å²) in [7, 11) is 1.65. The van der Waals surface area contributed by atoms with Crippen LogP contribution in [0.3, 0.4) is 0 Å². The SMILES string of the molecule is CN(Cc1ccccc1)C(=O)[C@H](CO)NC(=O)c1cc2ccccc2[nH]1. The van der Waals surface area contributed by atoms with Gasteiger partial charge < -0.3 is 20.3 Å². The number of aliphatic hydroxyl groups is 1. The predicted octanol–water partition coefficient (Wildman–Crippen LogP) is 1.92. The number of aromatic nitrogens is 1. The van der Waals surface area contributed by atoms with Crippen LogP contribution in [0.25, 0.3) is 10.9 Å². The molecule has 2 amide bonds. The zero-order valence-electron chi connectivity index (χ0n) is 14.5. The van der Waals surface area contributed by atoms with Gasteiger partial charge in [0.25, 0.3) is 5.91 Å². The number of H-pyrrole nitrogens is 1. The monoisotopic (exact) mass is 351 g/mol. The van der Waals surface area contributed by atoms with Gasteiger partial charge in [-0.15, -0.1) is 0 Å². The fourth-order valence-corrected chi connectivity index (χ4v) is 2.82. The van der Waals surface area contributed by atoms with Gasteiger partial charge in [0.15, 0.2) is 0 Å². The van der Waals surface area contributed by atoms with E-state index < -0.39 is 18.6 Å². The highest BCUT2D eigenvalue weighted by molar-refractivity contribution is 6.00. The van der Waals surface area contributed by atoms with Crippen LogP contribution in [0.1, 0.15) is 16.1 Å². The predicted molar refractivity (Wildman–Crippen MR) is 99.6 cm³/mol. The van der Waals surface area contributed by atoms with Gasteiger partial charge >= 0.3 is 0 Å². The Morgan fingerprint density at radius 1 is 1.12 bits per heavy atom. The van der Waals surface area contributed by atoms with Gasteiger partial charge in [-0.05, 0) is 17.7 Å². The fourth-order valence-electron chi connectivity index (χ4n) is 2.82. The third kappa shape index (κ3) is 3.92. The van der Waals surface area contributed by atoms with E-state index in [4.69, 9.17) is 0 Å². The van der Waals surface area contributed by atoms with E-state index in [0.29, 0.717) is 12.2 Å². The minimum absolute atomic E-state index is 0.346. The molecule has 6 nitrogen and oxygen atoms in total. The molecule has 1 heterocycles. The summed E-state index contributed by atoms with van der Waals surface area (Å²) in [4.78, 5) is 29.5. The minimum Gasteiger partial charge on any atom is -0.394 e. The molecule has 0 unspecified atom stereocenters. The molecule has 0 radical (unpaired) electrons. The van der Waals surface area contributed by atoms with Gasteiger partial charge in [0.05, 0.1) is 6.61 Å². The lowest BCUT2D eigenvalue weighted by molar-refractivity contribution is -0.133. The van der Waals surface area contributed by atoms with Crippen LogP contribution < -0.4 is 5.32 Å². The number of amides is 2. The summed E-state index contributed by atoms with van der Waals surface area (Å²) in [6.07, 6.45) is 0. The summed E-state index contributed by atoms with van der Waals surface area (Å²) in [6, 6.07) is 17.8. The molecule has 0 saturated heterocycles. The van der Waals surface area contributed by atoms with Crippen molar-refractivity contribution in [2.75, 3.05) is 13.7 Å². The van der Waals surface area contributed by atoms with E-state index in [9.17, 15) is 14.7 Å². The first kappa shape index (κ1) is 17.7. The van der Waals surface area contributed by atoms with Gasteiger partial charge in [0.2, 0.25) is 5.91 Å². The second-order valence-electron chi connectivity index (χ2n) is 6.16. The molecule has 0 aliphatic rings. The minimum atomic E-state index is -0.998. The number of aromatic amines is 1. The number of rotatable bonds is 6. The van der Waals surface area contributed by atoms with E-state index in [1.165, 1.54) is 4.90 Å². The maximum atomic E-state index is 12.6. The number of para-hydroxylation sites is 1. The van der Waals surface area contributed by atoms with Gasteiger partial charge in [-0.1, -0.05) is 48.5 Å². The highest BCUT2D eigenvalue weighted by Crippen LogP contribution is 2.14. The molecule has 0 aliphatic carbocycles. The molecule has 134 valence electrons. The number of carbonyl (C=O) groups is 2. The molecule has 3 N–H and O–H groups in total. The third-order valence-corrected chi connectivity index (χ3v) is 4.20. The van der Waals surface area contributed by atoms with E-state index in [1.807, 2.05) is 54.6 Å². The topological polar surface area (TPSA) is 85.4 Å². The van der Waals surface area contributed by atoms with Crippen LogP contribution in [0.15, 0.2) is 60.7 Å². The smallest absolute Gasteiger partial charge is 0.268 e. The number of hydrogen-bond acceptors (Lipinski definition) is 3. The number of fused-ring (bicyclic) bond motifs is 1. The summed E-state index contributed by atoms with van der Waals surface area (Å²) in [5, 5.41) is 13.1. The molecule has 2 aromatic carbocycles. The van der Waals surface area contributed by atoms with E-state index in [1.54, 1.807) is 13.1 Å². The van der Waals surface area contributed by atoms with Crippen LogP contribution in [0.5, 0.6) is 0 Å². The second-order valence-corrected chi connectivity index (χ2v) is 6.16. The molecule has 26 heavy (non-hydrogen) atoms. The third-order valence-electron chi connectivity index (χ3n) is 4.20. The number of aliphatic hydroxyl groups excluding tert-OH is 1. The first-order valence-electron chi connectivity index (χ1n) is 8.37. The molecule has 0 spiro atoms. The average Bonchev–Trinajstić information content (AvgIpc) is 3.10. The van der Waals surface area contributed by atoms with Gasteiger partial charge in [0.1, 0.15) is 11.7 Å². The lowest BCUT2D eigenvalue weighted by Crippen LogP contribution is -2.49. The molecule has 0 bridgehead atoms. The molecule has 6 heteroatoms. The van der Waals surface area contributed by atoms with Crippen molar-refractivity contribution in [3.63, 3.8) is 0 Å².